The molecule has 0 bridgehead atoms. The van der Waals surface area contributed by atoms with Crippen LogP contribution in [-0.4, -0.2) is 12.8 Å². The van der Waals surface area contributed by atoms with E-state index < -0.39 is 6.86 Å². The molecule has 1 aliphatic rings. The van der Waals surface area contributed by atoms with Crippen LogP contribution in [0.5, 0.6) is 5.75 Å². The molecule has 1 aliphatic heterocycles. The summed E-state index contributed by atoms with van der Waals surface area (Å²) >= 11 is 0. The van der Waals surface area contributed by atoms with E-state index in [-0.39, 0.29) is 11.9 Å². The molecule has 1 unspecified atom stereocenters. The molecule has 3 nitrogen and oxygen atoms in total. The van der Waals surface area contributed by atoms with Crippen LogP contribution in [0.3, 0.4) is 0 Å². The van der Waals surface area contributed by atoms with Crippen LogP contribution in [0.15, 0.2) is 48.5 Å². The molecule has 1 saturated heterocycles. The molecular formula is C17H16FNO2. The molecule has 1 heterocycles. The Balaban J connectivity index is 1.75. The number of ether oxygens (including phenoxy) is 1. The van der Waals surface area contributed by atoms with Gasteiger partial charge >= 0.3 is 0 Å². The summed E-state index contributed by atoms with van der Waals surface area (Å²) in [4.78, 5) is 11.3. The van der Waals surface area contributed by atoms with Gasteiger partial charge in [0, 0.05) is 6.42 Å². The van der Waals surface area contributed by atoms with Crippen LogP contribution in [0.25, 0.3) is 11.1 Å². The summed E-state index contributed by atoms with van der Waals surface area (Å²) in [6.07, 6.45) is 1.45. The Morgan fingerprint density at radius 3 is 2.19 bits per heavy atom. The number of rotatable bonds is 4. The van der Waals surface area contributed by atoms with Gasteiger partial charge in [-0.1, -0.05) is 36.4 Å². The first-order chi connectivity index (χ1) is 10.3. The highest BCUT2D eigenvalue weighted by atomic mass is 19.1. The molecule has 1 N–H and O–H groups in total. The Morgan fingerprint density at radius 1 is 1.05 bits per heavy atom. The van der Waals surface area contributed by atoms with Gasteiger partial charge in [-0.05, 0) is 35.2 Å². The van der Waals surface area contributed by atoms with Crippen LogP contribution >= 0.6 is 0 Å². The summed E-state index contributed by atoms with van der Waals surface area (Å²) < 4.78 is 16.9. The van der Waals surface area contributed by atoms with Crippen molar-refractivity contribution in [3.8, 4) is 16.9 Å². The van der Waals surface area contributed by atoms with Crippen molar-refractivity contribution < 1.29 is 13.9 Å². The highest BCUT2D eigenvalue weighted by molar-refractivity contribution is 5.78. The predicted molar refractivity (Wildman–Crippen MR) is 78.6 cm³/mol. The zero-order valence-electron chi connectivity index (χ0n) is 11.5. The van der Waals surface area contributed by atoms with Gasteiger partial charge < -0.3 is 10.1 Å². The number of hydrogen-bond acceptors (Lipinski definition) is 2. The van der Waals surface area contributed by atoms with Gasteiger partial charge in [-0.25, -0.2) is 4.39 Å². The minimum atomic E-state index is -0.818. The fraction of sp³-hybridized carbons (Fsp3) is 0.235. The molecule has 1 atom stereocenters. The van der Waals surface area contributed by atoms with Crippen molar-refractivity contribution in [2.75, 3.05) is 6.86 Å². The molecule has 21 heavy (non-hydrogen) atoms. The molecule has 0 saturated carbocycles. The number of amides is 1. The first kappa shape index (κ1) is 13.6. The monoisotopic (exact) mass is 285 g/mol. The summed E-state index contributed by atoms with van der Waals surface area (Å²) in [5, 5.41) is 2.96. The summed E-state index contributed by atoms with van der Waals surface area (Å²) in [5.41, 5.74) is 3.25. The van der Waals surface area contributed by atoms with Crippen LogP contribution < -0.4 is 10.1 Å². The maximum absolute atomic E-state index is 12.1. The number of nitrogens with one attached hydrogen (secondary N) is 1. The van der Waals surface area contributed by atoms with Crippen LogP contribution in [0, 0.1) is 0 Å². The van der Waals surface area contributed by atoms with E-state index in [2.05, 4.69) is 5.32 Å². The molecule has 3 rings (SSSR count). The standard InChI is InChI=1S/C17H16FNO2/c18-11-21-15-7-5-13(6-8-15)12-1-3-14(4-2-12)16-9-10-17(20)19-16/h1-8,16H,9-11H2,(H,19,20). The third-order valence-corrected chi connectivity index (χ3v) is 3.72. The smallest absolute Gasteiger partial charge is 0.228 e. The van der Waals surface area contributed by atoms with E-state index in [1.807, 2.05) is 36.4 Å². The molecule has 1 fully saturated rings. The van der Waals surface area contributed by atoms with E-state index in [0.29, 0.717) is 12.2 Å². The molecule has 2 aromatic carbocycles. The Hall–Kier alpha value is -2.36. The van der Waals surface area contributed by atoms with Crippen molar-refractivity contribution in [3.05, 3.63) is 54.1 Å². The van der Waals surface area contributed by atoms with Crippen molar-refractivity contribution in [1.29, 1.82) is 0 Å². The molecule has 0 aromatic heterocycles. The first-order valence-electron chi connectivity index (χ1n) is 6.95. The number of carbonyl (C=O) groups excluding carboxylic acids is 1. The van der Waals surface area contributed by atoms with Crippen LogP contribution in [-0.2, 0) is 4.79 Å². The largest absolute Gasteiger partial charge is 0.463 e. The number of hydrogen-bond donors (Lipinski definition) is 1. The zero-order chi connectivity index (χ0) is 14.7. The van der Waals surface area contributed by atoms with Gasteiger partial charge in [0.25, 0.3) is 0 Å². The summed E-state index contributed by atoms with van der Waals surface area (Å²) in [6, 6.07) is 15.6. The molecule has 108 valence electrons. The van der Waals surface area contributed by atoms with Gasteiger partial charge in [-0.15, -0.1) is 0 Å². The van der Waals surface area contributed by atoms with Gasteiger partial charge in [0.05, 0.1) is 6.04 Å². The van der Waals surface area contributed by atoms with E-state index in [1.165, 1.54) is 0 Å². The van der Waals surface area contributed by atoms with Crippen LogP contribution in [0.2, 0.25) is 0 Å². The topological polar surface area (TPSA) is 38.3 Å². The van der Waals surface area contributed by atoms with Gasteiger partial charge in [0.2, 0.25) is 12.8 Å². The molecule has 2 aromatic rings. The van der Waals surface area contributed by atoms with E-state index in [1.54, 1.807) is 12.1 Å². The molecule has 0 spiro atoms. The lowest BCUT2D eigenvalue weighted by molar-refractivity contribution is -0.119. The van der Waals surface area contributed by atoms with Crippen LogP contribution in [0.4, 0.5) is 4.39 Å². The molecule has 4 heteroatoms. The SMILES string of the molecule is O=C1CCC(c2ccc(-c3ccc(OCF)cc3)cc2)N1. The van der Waals surface area contributed by atoms with Crippen LogP contribution in [0.1, 0.15) is 24.4 Å². The maximum atomic E-state index is 12.1. The lowest BCUT2D eigenvalue weighted by Gasteiger charge is -2.11. The number of carbonyl (C=O) groups is 1. The molecular weight excluding hydrogens is 269 g/mol. The van der Waals surface area contributed by atoms with Crippen molar-refractivity contribution in [1.82, 2.24) is 5.32 Å². The van der Waals surface area contributed by atoms with Crippen molar-refractivity contribution in [2.24, 2.45) is 0 Å². The predicted octanol–water partition coefficient (Wildman–Crippen LogP) is 3.61. The fourth-order valence-electron chi connectivity index (χ4n) is 2.58. The second kappa shape index (κ2) is 5.95. The second-order valence-corrected chi connectivity index (χ2v) is 5.06. The van der Waals surface area contributed by atoms with Gasteiger partial charge in [0.15, 0.2) is 0 Å². The van der Waals surface area contributed by atoms with E-state index in [4.69, 9.17) is 4.74 Å². The Bertz CT molecular complexity index is 622. The van der Waals surface area contributed by atoms with Gasteiger partial charge in [-0.3, -0.25) is 4.79 Å². The summed E-state index contributed by atoms with van der Waals surface area (Å²) in [5.74, 6) is 0.638. The lowest BCUT2D eigenvalue weighted by atomic mass is 10.00. The van der Waals surface area contributed by atoms with Gasteiger partial charge in [-0.2, -0.15) is 0 Å². The molecule has 1 amide bonds. The summed E-state index contributed by atoms with van der Waals surface area (Å²) in [6.45, 7) is -0.818. The van der Waals surface area contributed by atoms with Crippen molar-refractivity contribution in [3.63, 3.8) is 0 Å². The Labute approximate surface area is 122 Å². The molecule has 0 radical (unpaired) electrons. The Morgan fingerprint density at radius 2 is 1.67 bits per heavy atom. The van der Waals surface area contributed by atoms with Crippen molar-refractivity contribution in [2.45, 2.75) is 18.9 Å². The minimum Gasteiger partial charge on any atom is -0.463 e. The highest BCUT2D eigenvalue weighted by Gasteiger charge is 2.21. The summed E-state index contributed by atoms with van der Waals surface area (Å²) in [7, 11) is 0. The maximum Gasteiger partial charge on any atom is 0.228 e. The van der Waals surface area contributed by atoms with E-state index >= 15 is 0 Å². The van der Waals surface area contributed by atoms with E-state index in [9.17, 15) is 9.18 Å². The third-order valence-electron chi connectivity index (χ3n) is 3.72. The number of halogens is 1. The third kappa shape index (κ3) is 3.05. The second-order valence-electron chi connectivity index (χ2n) is 5.06. The average molecular weight is 285 g/mol. The molecule has 0 aliphatic carbocycles. The lowest BCUT2D eigenvalue weighted by Crippen LogP contribution is -2.18. The number of alkyl halides is 1. The number of benzene rings is 2. The quantitative estimate of drug-likeness (QED) is 0.932. The normalized spacial score (nSPS) is 17.6. The first-order valence-corrected chi connectivity index (χ1v) is 6.95. The van der Waals surface area contributed by atoms with E-state index in [0.717, 1.165) is 23.1 Å². The highest BCUT2D eigenvalue weighted by Crippen LogP contribution is 2.27. The van der Waals surface area contributed by atoms with Crippen molar-refractivity contribution >= 4 is 5.91 Å². The zero-order valence-corrected chi connectivity index (χ0v) is 11.5. The van der Waals surface area contributed by atoms with Gasteiger partial charge in [0.1, 0.15) is 5.75 Å². The Kier molecular flexibility index (Phi) is 3.86. The fourth-order valence-corrected chi connectivity index (χ4v) is 2.58. The minimum absolute atomic E-state index is 0.118. The average Bonchev–Trinajstić information content (AvgIpc) is 2.95.